The van der Waals surface area contributed by atoms with E-state index in [1.54, 1.807) is 0 Å². The van der Waals surface area contributed by atoms with Crippen molar-refractivity contribution in [3.05, 3.63) is 35.4 Å². The number of carbonyl (C=O) groups is 1. The van der Waals surface area contributed by atoms with Gasteiger partial charge >= 0.3 is 6.18 Å². The summed E-state index contributed by atoms with van der Waals surface area (Å²) in [6.07, 6.45) is -4.55. The highest BCUT2D eigenvalue weighted by Crippen LogP contribution is 2.31. The monoisotopic (exact) mass is 293 g/mol. The van der Waals surface area contributed by atoms with E-state index in [1.165, 1.54) is 12.1 Å². The standard InChI is InChI=1S/C13H15ClF3NO/c1-8(2)11(14)7-18-12(19)9-5-3-4-6-10(9)13(15,16)17/h3-6,8,11H,7H2,1-2H3,(H,18,19). The molecular formula is C13H15ClF3NO. The summed E-state index contributed by atoms with van der Waals surface area (Å²) in [4.78, 5) is 11.8. The van der Waals surface area contributed by atoms with E-state index in [0.717, 1.165) is 12.1 Å². The number of benzene rings is 1. The maximum atomic E-state index is 12.7. The molecule has 0 aliphatic heterocycles. The topological polar surface area (TPSA) is 29.1 Å². The van der Waals surface area contributed by atoms with Crippen LogP contribution < -0.4 is 5.32 Å². The minimum atomic E-state index is -4.55. The minimum absolute atomic E-state index is 0.125. The van der Waals surface area contributed by atoms with Gasteiger partial charge in [0.1, 0.15) is 0 Å². The molecule has 0 saturated carbocycles. The molecule has 2 nitrogen and oxygen atoms in total. The molecule has 1 unspecified atom stereocenters. The lowest BCUT2D eigenvalue weighted by Gasteiger charge is -2.16. The number of alkyl halides is 4. The summed E-state index contributed by atoms with van der Waals surface area (Å²) in [6, 6.07) is 4.68. The SMILES string of the molecule is CC(C)C(Cl)CNC(=O)c1ccccc1C(F)(F)F. The number of hydrogen-bond donors (Lipinski definition) is 1. The predicted molar refractivity (Wildman–Crippen MR) is 68.3 cm³/mol. The van der Waals surface area contributed by atoms with E-state index in [-0.39, 0.29) is 23.4 Å². The number of hydrogen-bond acceptors (Lipinski definition) is 1. The van der Waals surface area contributed by atoms with Crippen molar-refractivity contribution in [2.45, 2.75) is 25.4 Å². The molecule has 6 heteroatoms. The second kappa shape index (κ2) is 6.28. The minimum Gasteiger partial charge on any atom is -0.351 e. The first-order valence-electron chi connectivity index (χ1n) is 5.82. The zero-order chi connectivity index (χ0) is 14.6. The molecule has 106 valence electrons. The van der Waals surface area contributed by atoms with E-state index in [2.05, 4.69) is 5.32 Å². The lowest BCUT2D eigenvalue weighted by molar-refractivity contribution is -0.137. The van der Waals surface area contributed by atoms with Gasteiger partial charge in [-0.3, -0.25) is 4.79 Å². The Labute approximate surface area is 114 Å². The molecule has 0 fully saturated rings. The Morgan fingerprint density at radius 2 is 1.89 bits per heavy atom. The third kappa shape index (κ3) is 4.42. The summed E-state index contributed by atoms with van der Waals surface area (Å²) >= 11 is 5.94. The van der Waals surface area contributed by atoms with Gasteiger partial charge in [0.2, 0.25) is 0 Å². The Morgan fingerprint density at radius 1 is 1.32 bits per heavy atom. The van der Waals surface area contributed by atoms with Crippen molar-refractivity contribution in [2.75, 3.05) is 6.54 Å². The third-order valence-electron chi connectivity index (χ3n) is 2.66. The Morgan fingerprint density at radius 3 is 2.42 bits per heavy atom. The van der Waals surface area contributed by atoms with Crippen molar-refractivity contribution in [3.8, 4) is 0 Å². The maximum absolute atomic E-state index is 12.7. The van der Waals surface area contributed by atoms with Crippen molar-refractivity contribution in [3.63, 3.8) is 0 Å². The normalized spacial score (nSPS) is 13.4. The summed E-state index contributed by atoms with van der Waals surface area (Å²) in [5, 5.41) is 2.10. The molecule has 1 rings (SSSR count). The van der Waals surface area contributed by atoms with E-state index in [4.69, 9.17) is 11.6 Å². The summed E-state index contributed by atoms with van der Waals surface area (Å²) < 4.78 is 38.2. The molecule has 0 aliphatic carbocycles. The van der Waals surface area contributed by atoms with Crippen LogP contribution in [0.25, 0.3) is 0 Å². The van der Waals surface area contributed by atoms with Crippen LogP contribution in [0.1, 0.15) is 29.8 Å². The van der Waals surface area contributed by atoms with Gasteiger partial charge < -0.3 is 5.32 Å². The van der Waals surface area contributed by atoms with Crippen molar-refractivity contribution in [2.24, 2.45) is 5.92 Å². The van der Waals surface area contributed by atoms with Gasteiger partial charge in [-0.1, -0.05) is 26.0 Å². The van der Waals surface area contributed by atoms with Crippen molar-refractivity contribution >= 4 is 17.5 Å². The molecule has 0 aliphatic rings. The van der Waals surface area contributed by atoms with Crippen LogP contribution in [0.2, 0.25) is 0 Å². The molecule has 1 amide bonds. The molecule has 0 bridgehead atoms. The molecule has 0 heterocycles. The van der Waals surface area contributed by atoms with Crippen LogP contribution in [0.4, 0.5) is 13.2 Å². The first-order valence-corrected chi connectivity index (χ1v) is 6.25. The van der Waals surface area contributed by atoms with Gasteiger partial charge in [0.15, 0.2) is 0 Å². The average molecular weight is 294 g/mol. The van der Waals surface area contributed by atoms with E-state index >= 15 is 0 Å². The van der Waals surface area contributed by atoms with E-state index < -0.39 is 17.6 Å². The fraction of sp³-hybridized carbons (Fsp3) is 0.462. The van der Waals surface area contributed by atoms with Gasteiger partial charge in [0.05, 0.1) is 16.5 Å². The molecule has 19 heavy (non-hydrogen) atoms. The molecule has 0 saturated heterocycles. The van der Waals surface area contributed by atoms with Gasteiger partial charge in [-0.25, -0.2) is 0 Å². The van der Waals surface area contributed by atoms with Crippen LogP contribution in [-0.4, -0.2) is 17.8 Å². The van der Waals surface area contributed by atoms with E-state index in [0.29, 0.717) is 0 Å². The predicted octanol–water partition coefficient (Wildman–Crippen LogP) is 3.70. The molecule has 0 spiro atoms. The second-order valence-corrected chi connectivity index (χ2v) is 5.07. The molecular weight excluding hydrogens is 279 g/mol. The highest BCUT2D eigenvalue weighted by atomic mass is 35.5. The number of nitrogens with one attached hydrogen (secondary N) is 1. The second-order valence-electron chi connectivity index (χ2n) is 4.51. The molecule has 1 atom stereocenters. The zero-order valence-corrected chi connectivity index (χ0v) is 11.3. The highest BCUT2D eigenvalue weighted by Gasteiger charge is 2.34. The Bertz CT molecular complexity index is 446. The maximum Gasteiger partial charge on any atom is 0.417 e. The highest BCUT2D eigenvalue weighted by molar-refractivity contribution is 6.21. The van der Waals surface area contributed by atoms with Gasteiger partial charge in [0, 0.05) is 6.54 Å². The lowest BCUT2D eigenvalue weighted by Crippen LogP contribution is -2.33. The van der Waals surface area contributed by atoms with E-state index in [9.17, 15) is 18.0 Å². The van der Waals surface area contributed by atoms with Gasteiger partial charge in [-0.05, 0) is 18.1 Å². The molecule has 0 radical (unpaired) electrons. The van der Waals surface area contributed by atoms with Gasteiger partial charge in [0.25, 0.3) is 5.91 Å². The van der Waals surface area contributed by atoms with Crippen LogP contribution in [-0.2, 0) is 6.18 Å². The Balaban J connectivity index is 2.83. The Kier molecular flexibility index (Phi) is 5.23. The van der Waals surface area contributed by atoms with Crippen molar-refractivity contribution in [1.82, 2.24) is 5.32 Å². The number of rotatable bonds is 4. The number of carbonyl (C=O) groups excluding carboxylic acids is 1. The molecule has 1 N–H and O–H groups in total. The van der Waals surface area contributed by atoms with E-state index in [1.807, 2.05) is 13.8 Å². The average Bonchev–Trinajstić information content (AvgIpc) is 2.34. The Hall–Kier alpha value is -1.23. The van der Waals surface area contributed by atoms with Crippen LogP contribution in [0.15, 0.2) is 24.3 Å². The van der Waals surface area contributed by atoms with Crippen molar-refractivity contribution in [1.29, 1.82) is 0 Å². The molecule has 1 aromatic rings. The van der Waals surface area contributed by atoms with Gasteiger partial charge in [-0.15, -0.1) is 11.6 Å². The van der Waals surface area contributed by atoms with Crippen LogP contribution in [0.5, 0.6) is 0 Å². The van der Waals surface area contributed by atoms with Crippen molar-refractivity contribution < 1.29 is 18.0 Å². The fourth-order valence-corrected chi connectivity index (χ4v) is 1.53. The first-order chi connectivity index (χ1) is 8.73. The lowest BCUT2D eigenvalue weighted by atomic mass is 10.1. The van der Waals surface area contributed by atoms with Gasteiger partial charge in [-0.2, -0.15) is 13.2 Å². The number of halogens is 4. The number of amides is 1. The first kappa shape index (κ1) is 15.8. The smallest absolute Gasteiger partial charge is 0.351 e. The molecule has 0 aromatic heterocycles. The van der Waals surface area contributed by atoms with Crippen LogP contribution in [0, 0.1) is 5.92 Å². The van der Waals surface area contributed by atoms with Crippen LogP contribution in [0.3, 0.4) is 0 Å². The zero-order valence-electron chi connectivity index (χ0n) is 10.6. The summed E-state index contributed by atoms with van der Waals surface area (Å²) in [7, 11) is 0. The summed E-state index contributed by atoms with van der Waals surface area (Å²) in [5.41, 5.74) is -1.33. The summed E-state index contributed by atoms with van der Waals surface area (Å²) in [6.45, 7) is 3.87. The summed E-state index contributed by atoms with van der Waals surface area (Å²) in [5.74, 6) is -0.640. The largest absolute Gasteiger partial charge is 0.417 e. The fourth-order valence-electron chi connectivity index (χ4n) is 1.45. The third-order valence-corrected chi connectivity index (χ3v) is 3.32. The van der Waals surface area contributed by atoms with Crippen LogP contribution >= 0.6 is 11.6 Å². The molecule has 1 aromatic carbocycles. The quantitative estimate of drug-likeness (QED) is 0.843.